The fourth-order valence-corrected chi connectivity index (χ4v) is 2.63. The van der Waals surface area contributed by atoms with Crippen molar-refractivity contribution in [1.29, 1.82) is 0 Å². The van der Waals surface area contributed by atoms with Gasteiger partial charge in [-0.15, -0.1) is 0 Å². The van der Waals surface area contributed by atoms with E-state index in [1.54, 1.807) is 0 Å². The lowest BCUT2D eigenvalue weighted by Crippen LogP contribution is -2.42. The van der Waals surface area contributed by atoms with Crippen LogP contribution < -0.4 is 5.73 Å². The smallest absolute Gasteiger partial charge is 0.223 e. The minimum atomic E-state index is 0.0381. The molecule has 1 aromatic rings. The van der Waals surface area contributed by atoms with E-state index in [1.165, 1.54) is 0 Å². The lowest BCUT2D eigenvalue weighted by Gasteiger charge is -2.33. The first kappa shape index (κ1) is 12.1. The van der Waals surface area contributed by atoms with Gasteiger partial charge in [-0.3, -0.25) is 4.79 Å². The van der Waals surface area contributed by atoms with Gasteiger partial charge in [-0.1, -0.05) is 30.3 Å². The van der Waals surface area contributed by atoms with Crippen LogP contribution in [-0.2, 0) is 4.79 Å². The van der Waals surface area contributed by atoms with E-state index >= 15 is 0 Å². The van der Waals surface area contributed by atoms with Crippen LogP contribution >= 0.6 is 0 Å². The Morgan fingerprint density at radius 2 is 2.06 bits per heavy atom. The fourth-order valence-electron chi connectivity index (χ4n) is 2.63. The molecule has 0 saturated carbocycles. The van der Waals surface area contributed by atoms with Gasteiger partial charge in [0.05, 0.1) is 6.04 Å². The Hall–Kier alpha value is -1.35. The van der Waals surface area contributed by atoms with E-state index in [4.69, 9.17) is 5.73 Å². The van der Waals surface area contributed by atoms with E-state index in [0.29, 0.717) is 6.42 Å². The summed E-state index contributed by atoms with van der Waals surface area (Å²) in [5.41, 5.74) is 7.40. The van der Waals surface area contributed by atoms with Gasteiger partial charge in [0.25, 0.3) is 0 Å². The highest BCUT2D eigenvalue weighted by Crippen LogP contribution is 2.29. The first-order valence-electron chi connectivity index (χ1n) is 6.34. The third-order valence-corrected chi connectivity index (χ3v) is 3.47. The van der Waals surface area contributed by atoms with Crippen molar-refractivity contribution < 1.29 is 4.79 Å². The van der Waals surface area contributed by atoms with Crippen LogP contribution in [0.15, 0.2) is 30.3 Å². The van der Waals surface area contributed by atoms with Gasteiger partial charge in [0.15, 0.2) is 0 Å². The fraction of sp³-hybridized carbons (Fsp3) is 0.500. The topological polar surface area (TPSA) is 46.3 Å². The normalized spacial score (nSPS) is 25.8. The third kappa shape index (κ3) is 2.50. The number of carbonyl (C=O) groups is 1. The van der Waals surface area contributed by atoms with Crippen molar-refractivity contribution >= 4 is 5.91 Å². The van der Waals surface area contributed by atoms with Crippen LogP contribution in [0.5, 0.6) is 0 Å². The molecule has 2 N–H and O–H groups in total. The molecule has 3 heteroatoms. The molecular formula is C14H20N2O. The Labute approximate surface area is 103 Å². The second kappa shape index (κ2) is 5.32. The van der Waals surface area contributed by atoms with Gasteiger partial charge >= 0.3 is 0 Å². The zero-order chi connectivity index (χ0) is 12.3. The maximum atomic E-state index is 12.0. The summed E-state index contributed by atoms with van der Waals surface area (Å²) in [6, 6.07) is 10.2. The molecule has 1 saturated heterocycles. The van der Waals surface area contributed by atoms with Crippen molar-refractivity contribution in [3.05, 3.63) is 35.9 Å². The van der Waals surface area contributed by atoms with Crippen LogP contribution in [0, 0.1) is 0 Å². The number of carbonyl (C=O) groups excluding carboxylic acids is 1. The van der Waals surface area contributed by atoms with Crippen LogP contribution in [0.3, 0.4) is 0 Å². The van der Waals surface area contributed by atoms with Gasteiger partial charge in [-0.05, 0) is 25.3 Å². The van der Waals surface area contributed by atoms with E-state index in [0.717, 1.165) is 24.9 Å². The number of benzene rings is 1. The number of hydrogen-bond donors (Lipinski definition) is 1. The summed E-state index contributed by atoms with van der Waals surface area (Å²) in [6.45, 7) is 2.75. The highest BCUT2D eigenvalue weighted by Gasteiger charge is 2.31. The molecular weight excluding hydrogens is 212 g/mol. The van der Waals surface area contributed by atoms with Crippen molar-refractivity contribution in [2.45, 2.75) is 38.3 Å². The molecule has 1 amide bonds. The number of rotatable bonds is 2. The molecule has 92 valence electrons. The average Bonchev–Trinajstić information content (AvgIpc) is 2.49. The molecule has 17 heavy (non-hydrogen) atoms. The minimum Gasteiger partial charge on any atom is -0.334 e. The van der Waals surface area contributed by atoms with Crippen LogP contribution in [0.4, 0.5) is 0 Å². The molecule has 1 fully saturated rings. The molecule has 1 aliphatic heterocycles. The highest BCUT2D eigenvalue weighted by atomic mass is 16.2. The van der Waals surface area contributed by atoms with Crippen LogP contribution in [-0.4, -0.2) is 23.4 Å². The molecule has 2 rings (SSSR count). The van der Waals surface area contributed by atoms with Gasteiger partial charge in [0, 0.05) is 19.0 Å². The summed E-state index contributed by atoms with van der Waals surface area (Å²) in [6.07, 6.45) is 2.45. The van der Waals surface area contributed by atoms with E-state index < -0.39 is 0 Å². The number of likely N-dealkylation sites (tertiary alicyclic amines) is 1. The summed E-state index contributed by atoms with van der Waals surface area (Å²) < 4.78 is 0. The Balaban J connectivity index is 2.34. The van der Waals surface area contributed by atoms with Gasteiger partial charge in [-0.2, -0.15) is 0 Å². The molecule has 0 aromatic heterocycles. The highest BCUT2D eigenvalue weighted by molar-refractivity contribution is 5.77. The monoisotopic (exact) mass is 232 g/mol. The predicted molar refractivity (Wildman–Crippen MR) is 68.4 cm³/mol. The number of amides is 1. The molecule has 2 unspecified atom stereocenters. The first-order valence-corrected chi connectivity index (χ1v) is 6.34. The molecule has 2 atom stereocenters. The lowest BCUT2D eigenvalue weighted by molar-refractivity contribution is -0.133. The number of nitrogens with zero attached hydrogens (tertiary/aromatic N) is 1. The Morgan fingerprint density at radius 1 is 1.35 bits per heavy atom. The Bertz CT molecular complexity index is 377. The van der Waals surface area contributed by atoms with Crippen LogP contribution in [0.1, 0.15) is 37.8 Å². The van der Waals surface area contributed by atoms with E-state index in [1.807, 2.05) is 30.0 Å². The Kier molecular flexibility index (Phi) is 3.79. The van der Waals surface area contributed by atoms with Crippen molar-refractivity contribution in [2.24, 2.45) is 5.73 Å². The molecule has 1 aliphatic rings. The van der Waals surface area contributed by atoms with E-state index in [9.17, 15) is 4.79 Å². The third-order valence-electron chi connectivity index (χ3n) is 3.47. The van der Waals surface area contributed by atoms with Crippen molar-refractivity contribution in [2.75, 3.05) is 6.54 Å². The molecule has 0 radical (unpaired) electrons. The van der Waals surface area contributed by atoms with Gasteiger partial charge < -0.3 is 10.6 Å². The number of hydrogen-bond acceptors (Lipinski definition) is 2. The summed E-state index contributed by atoms with van der Waals surface area (Å²) in [7, 11) is 0. The number of likely N-dealkylation sites (N-methyl/N-ethyl adjacent to an activating group) is 1. The molecule has 0 aliphatic carbocycles. The quantitative estimate of drug-likeness (QED) is 0.848. The Morgan fingerprint density at radius 3 is 2.71 bits per heavy atom. The van der Waals surface area contributed by atoms with Gasteiger partial charge in [0.1, 0.15) is 0 Å². The zero-order valence-electron chi connectivity index (χ0n) is 10.3. The molecule has 0 bridgehead atoms. The maximum Gasteiger partial charge on any atom is 0.223 e. The van der Waals surface area contributed by atoms with E-state index in [2.05, 4.69) is 12.1 Å². The summed E-state index contributed by atoms with van der Waals surface area (Å²) in [4.78, 5) is 14.0. The van der Waals surface area contributed by atoms with Crippen molar-refractivity contribution in [3.63, 3.8) is 0 Å². The lowest BCUT2D eigenvalue weighted by atomic mass is 9.96. The minimum absolute atomic E-state index is 0.0381. The van der Waals surface area contributed by atoms with Crippen LogP contribution in [0.25, 0.3) is 0 Å². The summed E-state index contributed by atoms with van der Waals surface area (Å²) in [5.74, 6) is 0.231. The van der Waals surface area contributed by atoms with Crippen molar-refractivity contribution in [3.8, 4) is 0 Å². The second-order valence-electron chi connectivity index (χ2n) is 4.59. The molecule has 1 aromatic carbocycles. The largest absolute Gasteiger partial charge is 0.334 e. The second-order valence-corrected chi connectivity index (χ2v) is 4.59. The number of nitrogens with two attached hydrogens (primary N) is 1. The maximum absolute atomic E-state index is 12.0. The molecule has 0 spiro atoms. The molecule has 1 heterocycles. The average molecular weight is 232 g/mol. The first-order chi connectivity index (χ1) is 8.24. The van der Waals surface area contributed by atoms with Crippen molar-refractivity contribution in [1.82, 2.24) is 4.90 Å². The van der Waals surface area contributed by atoms with E-state index in [-0.39, 0.29) is 18.0 Å². The van der Waals surface area contributed by atoms with Crippen LogP contribution in [0.2, 0.25) is 0 Å². The predicted octanol–water partition coefficient (Wildman–Crippen LogP) is 2.09. The summed E-state index contributed by atoms with van der Waals surface area (Å²) in [5, 5.41) is 0. The zero-order valence-corrected chi connectivity index (χ0v) is 10.3. The summed E-state index contributed by atoms with van der Waals surface area (Å²) >= 11 is 0. The van der Waals surface area contributed by atoms with Gasteiger partial charge in [0.2, 0.25) is 5.91 Å². The molecule has 3 nitrogen and oxygen atoms in total. The SMILES string of the molecule is CCN1C(=O)CCCC(N)C1c1ccccc1. The van der Waals surface area contributed by atoms with Gasteiger partial charge in [-0.25, -0.2) is 0 Å². The standard InChI is InChI=1S/C14H20N2O/c1-2-16-13(17)10-6-9-12(15)14(16)11-7-4-3-5-8-11/h3-5,7-8,12,14H,2,6,9-10,15H2,1H3.